The smallest absolute Gasteiger partial charge is 0.453 e. The summed E-state index contributed by atoms with van der Waals surface area (Å²) in [6.45, 7) is 8.65. The van der Waals surface area contributed by atoms with Crippen LogP contribution in [0.15, 0.2) is 39.5 Å². The topological polar surface area (TPSA) is 73.3 Å². The second-order valence-electron chi connectivity index (χ2n) is 8.99. The van der Waals surface area contributed by atoms with Crippen molar-refractivity contribution in [1.82, 2.24) is 0 Å². The molecule has 2 aromatic carbocycles. The van der Waals surface area contributed by atoms with Gasteiger partial charge >= 0.3 is 6.18 Å². The molecule has 0 aliphatic carbocycles. The average molecular weight is 478 g/mol. The van der Waals surface area contributed by atoms with Gasteiger partial charge in [0.1, 0.15) is 43.3 Å². The summed E-state index contributed by atoms with van der Waals surface area (Å²) in [7, 11) is 0. The maximum Gasteiger partial charge on any atom is 0.453 e. The Labute approximate surface area is 194 Å². The Balaban J connectivity index is 1.87. The van der Waals surface area contributed by atoms with Crippen LogP contribution in [0.5, 0.6) is 17.2 Å². The summed E-state index contributed by atoms with van der Waals surface area (Å²) in [5, 5.41) is 10.4. The normalized spacial score (nSPS) is 21.1. The molecule has 0 saturated carbocycles. The van der Waals surface area contributed by atoms with Crippen LogP contribution in [0.3, 0.4) is 0 Å². The minimum absolute atomic E-state index is 0.0498. The summed E-state index contributed by atoms with van der Waals surface area (Å²) in [5.74, 6) is -2.55. The summed E-state index contributed by atoms with van der Waals surface area (Å²) in [5.41, 5.74) is 0.251. The molecule has 1 aliphatic heterocycles. The van der Waals surface area contributed by atoms with Crippen molar-refractivity contribution in [3.8, 4) is 17.2 Å². The number of alkyl halides is 3. The molecule has 1 unspecified atom stereocenters. The number of benzene rings is 2. The van der Waals surface area contributed by atoms with Gasteiger partial charge in [0, 0.05) is 0 Å². The predicted molar refractivity (Wildman–Crippen MR) is 120 cm³/mol. The number of morpholine rings is 1. The van der Waals surface area contributed by atoms with E-state index in [0.717, 1.165) is 10.5 Å². The number of nitrogens with one attached hydrogen (secondary N) is 1. The number of rotatable bonds is 4. The number of hydrogen-bond donors (Lipinski definition) is 2. The summed E-state index contributed by atoms with van der Waals surface area (Å²) in [6, 6.07) is 7.61. The zero-order valence-electron chi connectivity index (χ0n) is 19.4. The number of quaternary nitrogens is 1. The number of aryl methyl sites for hydroxylation is 2. The molecule has 1 fully saturated rings. The first-order chi connectivity index (χ1) is 15.9. The first-order valence-electron chi connectivity index (χ1n) is 11.1. The van der Waals surface area contributed by atoms with E-state index in [2.05, 4.69) is 0 Å². The van der Waals surface area contributed by atoms with Gasteiger partial charge in [0.15, 0.2) is 5.58 Å². The Bertz CT molecular complexity index is 1270. The second-order valence-corrected chi connectivity index (χ2v) is 8.99. The van der Waals surface area contributed by atoms with E-state index in [-0.39, 0.29) is 46.8 Å². The number of halogens is 3. The lowest BCUT2D eigenvalue weighted by molar-refractivity contribution is -0.928. The Hall–Kier alpha value is -3.04. The third-order valence-corrected chi connectivity index (χ3v) is 5.95. The fraction of sp³-hybridized carbons (Fsp3) is 0.400. The number of phenols is 1. The first-order valence-corrected chi connectivity index (χ1v) is 11.1. The van der Waals surface area contributed by atoms with Gasteiger partial charge in [-0.15, -0.1) is 0 Å². The predicted octanol–water partition coefficient (Wildman–Crippen LogP) is 4.12. The standard InChI is InChI=1S/C25H26F3NO5/c1-13-5-6-14(2)20(9-13)33-23-21(31)17-7-8-19(30)18(22(17)34-24(23)25(26,27)28)12-29-10-15(3)32-16(4)11-29/h5-9,15-16,30H,10-12H2,1-4H3/p+1/t15-,16+. The molecule has 3 aromatic rings. The first kappa shape index (κ1) is 24.1. The van der Waals surface area contributed by atoms with E-state index in [4.69, 9.17) is 13.9 Å². The van der Waals surface area contributed by atoms with Crippen molar-refractivity contribution >= 4 is 11.0 Å². The van der Waals surface area contributed by atoms with E-state index in [1.807, 2.05) is 13.8 Å². The average Bonchev–Trinajstić information content (AvgIpc) is 2.73. The molecule has 2 N–H and O–H groups in total. The maximum absolute atomic E-state index is 14.0. The molecule has 1 saturated heterocycles. The fourth-order valence-corrected chi connectivity index (χ4v) is 4.45. The van der Waals surface area contributed by atoms with Gasteiger partial charge in [0.2, 0.25) is 11.2 Å². The van der Waals surface area contributed by atoms with Crippen LogP contribution in [-0.4, -0.2) is 30.4 Å². The van der Waals surface area contributed by atoms with Crippen LogP contribution in [-0.2, 0) is 17.5 Å². The lowest BCUT2D eigenvalue weighted by Crippen LogP contribution is -3.14. The van der Waals surface area contributed by atoms with Gasteiger partial charge in [-0.3, -0.25) is 4.79 Å². The highest BCUT2D eigenvalue weighted by molar-refractivity contribution is 5.83. The van der Waals surface area contributed by atoms with Crippen LogP contribution >= 0.6 is 0 Å². The summed E-state index contributed by atoms with van der Waals surface area (Å²) in [6.07, 6.45) is -5.09. The van der Waals surface area contributed by atoms with Crippen molar-refractivity contribution in [2.24, 2.45) is 0 Å². The van der Waals surface area contributed by atoms with E-state index >= 15 is 0 Å². The van der Waals surface area contributed by atoms with Crippen LogP contribution in [0.2, 0.25) is 0 Å². The van der Waals surface area contributed by atoms with Crippen molar-refractivity contribution in [3.05, 3.63) is 63.0 Å². The molecular weight excluding hydrogens is 451 g/mol. The summed E-state index contributed by atoms with van der Waals surface area (Å²) < 4.78 is 58.7. The van der Waals surface area contributed by atoms with Crippen molar-refractivity contribution in [1.29, 1.82) is 0 Å². The van der Waals surface area contributed by atoms with E-state index in [1.54, 1.807) is 32.0 Å². The molecule has 0 amide bonds. The molecule has 0 spiro atoms. The molecule has 2 heterocycles. The number of hydrogen-bond acceptors (Lipinski definition) is 5. The van der Waals surface area contributed by atoms with Crippen molar-refractivity contribution in [2.45, 2.75) is 52.6 Å². The largest absolute Gasteiger partial charge is 0.507 e. The van der Waals surface area contributed by atoms with Crippen LogP contribution in [0.1, 0.15) is 36.3 Å². The fourth-order valence-electron chi connectivity index (χ4n) is 4.45. The van der Waals surface area contributed by atoms with Gasteiger partial charge in [0.25, 0.3) is 5.76 Å². The Morgan fingerprint density at radius 3 is 2.44 bits per heavy atom. The number of aromatic hydroxyl groups is 1. The number of phenolic OH excluding ortho intramolecular Hbond substituents is 1. The summed E-state index contributed by atoms with van der Waals surface area (Å²) >= 11 is 0. The molecule has 6 nitrogen and oxygen atoms in total. The van der Waals surface area contributed by atoms with Gasteiger partial charge in [-0.1, -0.05) is 12.1 Å². The highest BCUT2D eigenvalue weighted by Crippen LogP contribution is 2.40. The van der Waals surface area contributed by atoms with E-state index in [0.29, 0.717) is 18.7 Å². The van der Waals surface area contributed by atoms with Crippen LogP contribution < -0.4 is 15.1 Å². The molecule has 3 atom stereocenters. The molecule has 9 heteroatoms. The molecule has 0 radical (unpaired) electrons. The molecule has 34 heavy (non-hydrogen) atoms. The second kappa shape index (κ2) is 8.96. The SMILES string of the molecule is Cc1ccc(C)c(Oc2c(C(F)(F)F)oc3c(C[NH+]4C[C@@H](C)O[C@@H](C)C4)c(O)ccc3c2=O)c1. The molecule has 182 valence electrons. The van der Waals surface area contributed by atoms with Crippen LogP contribution in [0.4, 0.5) is 13.2 Å². The molecule has 1 aromatic heterocycles. The lowest BCUT2D eigenvalue weighted by atomic mass is 10.1. The lowest BCUT2D eigenvalue weighted by Gasteiger charge is -2.32. The third kappa shape index (κ3) is 4.76. The van der Waals surface area contributed by atoms with Gasteiger partial charge in [-0.05, 0) is 57.0 Å². The third-order valence-electron chi connectivity index (χ3n) is 5.95. The van der Waals surface area contributed by atoms with Crippen molar-refractivity contribution in [2.75, 3.05) is 13.1 Å². The Kier molecular flexibility index (Phi) is 6.35. The summed E-state index contributed by atoms with van der Waals surface area (Å²) in [4.78, 5) is 14.3. The highest BCUT2D eigenvalue weighted by atomic mass is 19.4. The van der Waals surface area contributed by atoms with E-state index in [1.165, 1.54) is 12.1 Å². The van der Waals surface area contributed by atoms with Crippen LogP contribution in [0.25, 0.3) is 11.0 Å². The Morgan fingerprint density at radius 1 is 1.12 bits per heavy atom. The van der Waals surface area contributed by atoms with Gasteiger partial charge in [-0.25, -0.2) is 0 Å². The van der Waals surface area contributed by atoms with Crippen LogP contribution in [0, 0.1) is 13.8 Å². The quantitative estimate of drug-likeness (QED) is 0.590. The zero-order valence-corrected chi connectivity index (χ0v) is 19.4. The molecule has 1 aliphatic rings. The van der Waals surface area contributed by atoms with E-state index < -0.39 is 23.1 Å². The highest BCUT2D eigenvalue weighted by Gasteiger charge is 2.41. The van der Waals surface area contributed by atoms with Gasteiger partial charge in [-0.2, -0.15) is 13.2 Å². The number of ether oxygens (including phenoxy) is 2. The minimum atomic E-state index is -4.99. The molecule has 4 rings (SSSR count). The van der Waals surface area contributed by atoms with Gasteiger partial charge in [0.05, 0.1) is 10.9 Å². The van der Waals surface area contributed by atoms with Gasteiger partial charge < -0.3 is 23.9 Å². The molecular formula is C25H27F3NO5+. The minimum Gasteiger partial charge on any atom is -0.507 e. The number of fused-ring (bicyclic) bond motifs is 1. The van der Waals surface area contributed by atoms with Crippen molar-refractivity contribution < 1.29 is 37.1 Å². The van der Waals surface area contributed by atoms with E-state index in [9.17, 15) is 23.1 Å². The monoisotopic (exact) mass is 478 g/mol. The maximum atomic E-state index is 14.0. The molecule has 0 bridgehead atoms. The van der Waals surface area contributed by atoms with Crippen molar-refractivity contribution in [3.63, 3.8) is 0 Å². The Morgan fingerprint density at radius 2 is 1.79 bits per heavy atom. The zero-order chi connectivity index (χ0) is 24.8.